The lowest BCUT2D eigenvalue weighted by Gasteiger charge is -2.09. The molecule has 0 amide bonds. The van der Waals surface area contributed by atoms with E-state index in [-0.39, 0.29) is 16.8 Å². The van der Waals surface area contributed by atoms with Gasteiger partial charge in [-0.2, -0.15) is 0 Å². The summed E-state index contributed by atoms with van der Waals surface area (Å²) in [5.41, 5.74) is -0.108. The number of nitrogens with zero attached hydrogens (tertiary/aromatic N) is 2. The predicted octanol–water partition coefficient (Wildman–Crippen LogP) is 2.61. The Morgan fingerprint density at radius 2 is 2.00 bits per heavy atom. The topological polar surface area (TPSA) is 102 Å². The fraction of sp³-hybridized carbons (Fsp3) is 0.357. The van der Waals surface area contributed by atoms with Gasteiger partial charge >= 0.3 is 5.69 Å². The fourth-order valence-corrected chi connectivity index (χ4v) is 3.59. The van der Waals surface area contributed by atoms with Crippen LogP contribution in [0.25, 0.3) is 10.9 Å². The van der Waals surface area contributed by atoms with Crippen LogP contribution in [0, 0.1) is 10.1 Å². The molecule has 2 aromatic rings. The van der Waals surface area contributed by atoms with E-state index in [0.29, 0.717) is 11.9 Å². The van der Waals surface area contributed by atoms with Crippen molar-refractivity contribution in [1.29, 1.82) is 0 Å². The van der Waals surface area contributed by atoms with Crippen molar-refractivity contribution >= 4 is 26.6 Å². The number of benzene rings is 1. The standard InChI is InChI=1S/C14H17N3O4S/c1-2-3-6-9-16-22(20,21)14-11-7-4-5-8-12(11)15-10-13(14)17(18)19/h4-5,7-8,10,16H,2-3,6,9H2,1H3. The molecule has 0 atom stereocenters. The van der Waals surface area contributed by atoms with Crippen LogP contribution in [-0.2, 0) is 10.0 Å². The maximum absolute atomic E-state index is 12.5. The van der Waals surface area contributed by atoms with Gasteiger partial charge in [0.05, 0.1) is 10.4 Å². The second-order valence-electron chi connectivity index (χ2n) is 4.85. The number of hydrogen-bond acceptors (Lipinski definition) is 5. The van der Waals surface area contributed by atoms with Crippen LogP contribution in [0.4, 0.5) is 5.69 Å². The minimum absolute atomic E-state index is 0.250. The van der Waals surface area contributed by atoms with Gasteiger partial charge in [-0.1, -0.05) is 38.0 Å². The maximum Gasteiger partial charge on any atom is 0.308 e. The van der Waals surface area contributed by atoms with Crippen molar-refractivity contribution in [3.8, 4) is 0 Å². The first kappa shape index (κ1) is 16.3. The number of sulfonamides is 1. The van der Waals surface area contributed by atoms with E-state index in [0.717, 1.165) is 19.0 Å². The molecule has 7 nitrogen and oxygen atoms in total. The third kappa shape index (κ3) is 3.40. The number of pyridine rings is 1. The van der Waals surface area contributed by atoms with Gasteiger partial charge in [0.2, 0.25) is 10.0 Å². The first-order valence-electron chi connectivity index (χ1n) is 6.99. The van der Waals surface area contributed by atoms with Gasteiger partial charge in [0.15, 0.2) is 4.90 Å². The van der Waals surface area contributed by atoms with Gasteiger partial charge in [-0.05, 0) is 12.5 Å². The third-order valence-corrected chi connectivity index (χ3v) is 4.80. The molecule has 1 heterocycles. The number of aromatic nitrogens is 1. The quantitative estimate of drug-likeness (QED) is 0.479. The van der Waals surface area contributed by atoms with Crippen molar-refractivity contribution in [2.75, 3.05) is 6.54 Å². The number of nitrogens with one attached hydrogen (secondary N) is 1. The Morgan fingerprint density at radius 3 is 2.68 bits per heavy atom. The number of para-hydroxylation sites is 1. The normalized spacial score (nSPS) is 11.7. The van der Waals surface area contributed by atoms with Crippen LogP contribution >= 0.6 is 0 Å². The van der Waals surface area contributed by atoms with Crippen molar-refractivity contribution in [2.24, 2.45) is 0 Å². The van der Waals surface area contributed by atoms with Crippen molar-refractivity contribution in [3.63, 3.8) is 0 Å². The summed E-state index contributed by atoms with van der Waals surface area (Å²) in [7, 11) is -3.97. The van der Waals surface area contributed by atoms with Crippen LogP contribution in [0.5, 0.6) is 0 Å². The van der Waals surface area contributed by atoms with E-state index in [9.17, 15) is 18.5 Å². The average Bonchev–Trinajstić information content (AvgIpc) is 2.50. The first-order valence-corrected chi connectivity index (χ1v) is 8.47. The highest BCUT2D eigenvalue weighted by Crippen LogP contribution is 2.30. The second kappa shape index (κ2) is 6.80. The summed E-state index contributed by atoms with van der Waals surface area (Å²) in [6.07, 6.45) is 3.53. The van der Waals surface area contributed by atoms with Crippen molar-refractivity contribution in [1.82, 2.24) is 9.71 Å². The van der Waals surface area contributed by atoms with Gasteiger partial charge in [0, 0.05) is 11.9 Å². The Kier molecular flexibility index (Phi) is 5.04. The minimum atomic E-state index is -3.97. The molecule has 0 saturated heterocycles. The molecule has 0 bridgehead atoms. The Morgan fingerprint density at radius 1 is 1.27 bits per heavy atom. The molecule has 0 spiro atoms. The summed E-state index contributed by atoms with van der Waals surface area (Å²) in [6, 6.07) is 6.47. The van der Waals surface area contributed by atoms with Gasteiger partial charge in [-0.15, -0.1) is 0 Å². The molecule has 8 heteroatoms. The third-order valence-electron chi connectivity index (χ3n) is 3.25. The van der Waals surface area contributed by atoms with E-state index in [2.05, 4.69) is 9.71 Å². The molecule has 0 saturated carbocycles. The highest BCUT2D eigenvalue weighted by molar-refractivity contribution is 7.89. The summed E-state index contributed by atoms with van der Waals surface area (Å²) in [5, 5.41) is 11.4. The Hall–Kier alpha value is -2.06. The van der Waals surface area contributed by atoms with Gasteiger partial charge in [-0.25, -0.2) is 18.1 Å². The number of fused-ring (bicyclic) bond motifs is 1. The molecule has 118 valence electrons. The van der Waals surface area contributed by atoms with Crippen LogP contribution in [0.15, 0.2) is 35.4 Å². The maximum atomic E-state index is 12.5. The average molecular weight is 323 g/mol. The SMILES string of the molecule is CCCCCNS(=O)(=O)c1c([N+](=O)[O-])cnc2ccccc12. The predicted molar refractivity (Wildman–Crippen MR) is 83.1 cm³/mol. The highest BCUT2D eigenvalue weighted by atomic mass is 32.2. The van der Waals surface area contributed by atoms with E-state index in [1.165, 1.54) is 6.07 Å². The minimum Gasteiger partial charge on any atom is -0.258 e. The number of rotatable bonds is 7. The second-order valence-corrected chi connectivity index (χ2v) is 6.56. The summed E-state index contributed by atoms with van der Waals surface area (Å²) < 4.78 is 27.4. The molecule has 0 unspecified atom stereocenters. The van der Waals surface area contributed by atoms with Gasteiger partial charge < -0.3 is 0 Å². The van der Waals surface area contributed by atoms with Gasteiger partial charge in [0.1, 0.15) is 6.20 Å². The Balaban J connectivity index is 2.51. The molecular formula is C14H17N3O4S. The van der Waals surface area contributed by atoms with E-state index in [1.54, 1.807) is 18.2 Å². The van der Waals surface area contributed by atoms with Crippen LogP contribution < -0.4 is 4.72 Å². The zero-order chi connectivity index (χ0) is 16.2. The molecule has 22 heavy (non-hydrogen) atoms. The molecule has 1 N–H and O–H groups in total. The molecule has 0 aliphatic rings. The van der Waals surface area contributed by atoms with E-state index in [1.807, 2.05) is 6.92 Å². The summed E-state index contributed by atoms with van der Waals surface area (Å²) in [6.45, 7) is 2.26. The Labute approximate surface area is 128 Å². The van der Waals surface area contributed by atoms with E-state index >= 15 is 0 Å². The van der Waals surface area contributed by atoms with Gasteiger partial charge in [0.25, 0.3) is 0 Å². The van der Waals surface area contributed by atoms with Crippen LogP contribution in [-0.4, -0.2) is 24.9 Å². The molecular weight excluding hydrogens is 306 g/mol. The lowest BCUT2D eigenvalue weighted by molar-refractivity contribution is -0.387. The molecule has 1 aromatic carbocycles. The summed E-state index contributed by atoms with van der Waals surface area (Å²) >= 11 is 0. The molecule has 1 aromatic heterocycles. The largest absolute Gasteiger partial charge is 0.308 e. The van der Waals surface area contributed by atoms with Gasteiger partial charge in [-0.3, -0.25) is 10.1 Å². The lowest BCUT2D eigenvalue weighted by Crippen LogP contribution is -2.26. The van der Waals surface area contributed by atoms with Crippen LogP contribution in [0.3, 0.4) is 0 Å². The Bertz CT molecular complexity index is 790. The van der Waals surface area contributed by atoms with Crippen LogP contribution in [0.1, 0.15) is 26.2 Å². The molecule has 0 aliphatic heterocycles. The number of unbranched alkanes of at least 4 members (excludes halogenated alkanes) is 2. The smallest absolute Gasteiger partial charge is 0.258 e. The summed E-state index contributed by atoms with van der Waals surface area (Å²) in [4.78, 5) is 14.1. The van der Waals surface area contributed by atoms with Crippen LogP contribution in [0.2, 0.25) is 0 Å². The van der Waals surface area contributed by atoms with Crippen molar-refractivity contribution in [3.05, 3.63) is 40.6 Å². The summed E-state index contributed by atoms with van der Waals surface area (Å²) in [5.74, 6) is 0. The number of nitro groups is 1. The fourth-order valence-electron chi connectivity index (χ4n) is 2.17. The zero-order valence-electron chi connectivity index (χ0n) is 12.2. The molecule has 0 aliphatic carbocycles. The zero-order valence-corrected chi connectivity index (χ0v) is 13.0. The molecule has 0 fully saturated rings. The van der Waals surface area contributed by atoms with E-state index in [4.69, 9.17) is 0 Å². The first-order chi connectivity index (χ1) is 10.5. The monoisotopic (exact) mass is 323 g/mol. The van der Waals surface area contributed by atoms with E-state index < -0.39 is 20.6 Å². The molecule has 0 radical (unpaired) electrons. The van der Waals surface area contributed by atoms with Crippen molar-refractivity contribution < 1.29 is 13.3 Å². The molecule has 2 rings (SSSR count). The highest BCUT2D eigenvalue weighted by Gasteiger charge is 2.28. The number of hydrogen-bond donors (Lipinski definition) is 1. The lowest BCUT2D eigenvalue weighted by atomic mass is 10.2. The van der Waals surface area contributed by atoms with Crippen molar-refractivity contribution in [2.45, 2.75) is 31.1 Å².